The van der Waals surface area contributed by atoms with Gasteiger partial charge < -0.3 is 0 Å². The summed E-state index contributed by atoms with van der Waals surface area (Å²) in [6.45, 7) is 4.58. The lowest BCUT2D eigenvalue weighted by Crippen LogP contribution is -2.22. The van der Waals surface area contributed by atoms with Crippen LogP contribution in [-0.2, 0) is 6.42 Å². The lowest BCUT2D eigenvalue weighted by atomic mass is 9.78. The van der Waals surface area contributed by atoms with E-state index in [1.807, 2.05) is 12.4 Å². The molecule has 27 heavy (non-hydrogen) atoms. The van der Waals surface area contributed by atoms with Crippen molar-refractivity contribution in [3.8, 4) is 0 Å². The van der Waals surface area contributed by atoms with Gasteiger partial charge in [-0.3, -0.25) is 0 Å². The molecule has 0 saturated carbocycles. The molecule has 2 heteroatoms. The van der Waals surface area contributed by atoms with Gasteiger partial charge in [-0.15, -0.1) is 0 Å². The van der Waals surface area contributed by atoms with Gasteiger partial charge in [-0.05, 0) is 30.7 Å². The first kappa shape index (κ1) is 21.7. The highest BCUT2D eigenvalue weighted by molar-refractivity contribution is 6.18. The molecule has 2 rings (SSSR count). The Bertz CT molecular complexity index is 523. The minimum Gasteiger partial charge on any atom is -0.0965 e. The standard InChI is InChI=1S/C25H39N2/c1-3-5-7-8-9-14-18-24(25-26-19-20-27-25)23(17-11-6-4-2)21-22-15-12-10-13-16-22/h10,12-13,15-16,19-20,23-24H,3-9,11,14,17-18,21H2,1-2H3/q+1. The molecule has 0 N–H and O–H groups in total. The van der Waals surface area contributed by atoms with Crippen molar-refractivity contribution in [2.45, 2.75) is 90.9 Å². The fourth-order valence-electron chi connectivity index (χ4n) is 4.18. The molecule has 0 radical (unpaired) electrons. The van der Waals surface area contributed by atoms with Crippen molar-refractivity contribution < 1.29 is 0 Å². The zero-order valence-electron chi connectivity index (χ0n) is 17.6. The fourth-order valence-corrected chi connectivity index (χ4v) is 4.18. The van der Waals surface area contributed by atoms with Crippen molar-refractivity contribution in [2.75, 3.05) is 0 Å². The van der Waals surface area contributed by atoms with E-state index in [-0.39, 0.29) is 0 Å². The van der Waals surface area contributed by atoms with E-state index in [2.05, 4.69) is 54.2 Å². The van der Waals surface area contributed by atoms with Crippen molar-refractivity contribution in [3.05, 3.63) is 42.1 Å². The van der Waals surface area contributed by atoms with E-state index in [1.165, 1.54) is 76.2 Å². The smallest absolute Gasteiger partial charge is 0.0965 e. The molecule has 1 aliphatic heterocycles. The maximum atomic E-state index is 4.62. The lowest BCUT2D eigenvalue weighted by molar-refractivity contribution is 0.285. The molecule has 1 aromatic rings. The third-order valence-corrected chi connectivity index (χ3v) is 5.77. The van der Waals surface area contributed by atoms with Gasteiger partial charge in [0, 0.05) is 0 Å². The van der Waals surface area contributed by atoms with E-state index >= 15 is 0 Å². The predicted octanol–water partition coefficient (Wildman–Crippen LogP) is 7.44. The number of benzene rings is 1. The van der Waals surface area contributed by atoms with E-state index in [4.69, 9.17) is 0 Å². The Hall–Kier alpha value is -1.57. The number of rotatable bonds is 15. The molecule has 0 saturated heterocycles. The second-order valence-corrected chi connectivity index (χ2v) is 8.02. The number of unbranched alkanes of at least 4 members (excludes halogenated alkanes) is 7. The van der Waals surface area contributed by atoms with Crippen LogP contribution in [0.15, 0.2) is 40.3 Å². The molecule has 0 fully saturated rings. The van der Waals surface area contributed by atoms with Crippen molar-refractivity contribution in [1.29, 1.82) is 0 Å². The molecule has 1 aromatic carbocycles. The minimum absolute atomic E-state index is 0.503. The van der Waals surface area contributed by atoms with Gasteiger partial charge in [-0.25, -0.2) is 0 Å². The minimum atomic E-state index is 0.503. The van der Waals surface area contributed by atoms with Crippen LogP contribution < -0.4 is 0 Å². The number of hydrogen-bond donors (Lipinski definition) is 0. The second kappa shape index (κ2) is 13.6. The zero-order valence-corrected chi connectivity index (χ0v) is 17.6. The zero-order chi connectivity index (χ0) is 19.2. The molecule has 0 aliphatic carbocycles. The Labute approximate surface area is 167 Å². The first-order chi connectivity index (χ1) is 13.3. The van der Waals surface area contributed by atoms with E-state index in [0.29, 0.717) is 11.8 Å². The van der Waals surface area contributed by atoms with Gasteiger partial charge in [0.1, 0.15) is 0 Å². The normalized spacial score (nSPS) is 15.4. The second-order valence-electron chi connectivity index (χ2n) is 8.02. The van der Waals surface area contributed by atoms with Gasteiger partial charge in [-0.1, -0.05) is 112 Å². The van der Waals surface area contributed by atoms with Gasteiger partial charge >= 0.3 is 0 Å². The molecular formula is C25H39N2+. The summed E-state index contributed by atoms with van der Waals surface area (Å²) in [6, 6.07) is 11.0. The van der Waals surface area contributed by atoms with E-state index < -0.39 is 0 Å². The average molecular weight is 368 g/mol. The molecule has 148 valence electrons. The molecule has 0 amide bonds. The Morgan fingerprint density at radius 1 is 0.741 bits per heavy atom. The summed E-state index contributed by atoms with van der Waals surface area (Å²) < 4.78 is 0. The molecule has 2 atom stereocenters. The summed E-state index contributed by atoms with van der Waals surface area (Å²) in [4.78, 5) is 9.25. The Kier molecular flexibility index (Phi) is 10.9. The summed E-state index contributed by atoms with van der Waals surface area (Å²) >= 11 is 0. The van der Waals surface area contributed by atoms with Gasteiger partial charge in [0.15, 0.2) is 12.4 Å². The highest BCUT2D eigenvalue weighted by Crippen LogP contribution is 2.36. The van der Waals surface area contributed by atoms with Crippen LogP contribution in [0.1, 0.15) is 90.0 Å². The molecule has 0 bridgehead atoms. The van der Waals surface area contributed by atoms with Crippen molar-refractivity contribution in [3.63, 3.8) is 0 Å². The van der Waals surface area contributed by atoms with Gasteiger partial charge in [0.2, 0.25) is 6.17 Å². The third-order valence-electron chi connectivity index (χ3n) is 5.77. The van der Waals surface area contributed by atoms with Crippen LogP contribution in [0.2, 0.25) is 0 Å². The van der Waals surface area contributed by atoms with Crippen LogP contribution in [0, 0.1) is 18.0 Å². The first-order valence-electron chi connectivity index (χ1n) is 11.3. The van der Waals surface area contributed by atoms with E-state index in [9.17, 15) is 0 Å². The SMILES string of the molecule is CCCCCCCCC([C+]1N=CC=N1)C(CCCCC)Cc1ccccc1. The highest BCUT2D eigenvalue weighted by atomic mass is 15.0. The number of hydrogen-bond acceptors (Lipinski definition) is 2. The monoisotopic (exact) mass is 367 g/mol. The summed E-state index contributed by atoms with van der Waals surface area (Å²) in [5.41, 5.74) is 1.46. The van der Waals surface area contributed by atoms with Crippen LogP contribution >= 0.6 is 0 Å². The van der Waals surface area contributed by atoms with Crippen LogP contribution in [0.5, 0.6) is 0 Å². The van der Waals surface area contributed by atoms with Crippen molar-refractivity contribution >= 4 is 12.4 Å². The molecular weight excluding hydrogens is 328 g/mol. The molecule has 1 aliphatic rings. The molecule has 2 nitrogen and oxygen atoms in total. The van der Waals surface area contributed by atoms with Gasteiger partial charge in [-0.2, -0.15) is 0 Å². The average Bonchev–Trinajstić information content (AvgIpc) is 3.22. The quantitative estimate of drug-likeness (QED) is 0.227. The van der Waals surface area contributed by atoms with E-state index in [0.717, 1.165) is 12.6 Å². The lowest BCUT2D eigenvalue weighted by Gasteiger charge is -2.26. The van der Waals surface area contributed by atoms with Crippen LogP contribution in [0.4, 0.5) is 0 Å². The summed E-state index contributed by atoms with van der Waals surface area (Å²) in [5, 5.41) is 0. The van der Waals surface area contributed by atoms with Crippen LogP contribution in [-0.4, -0.2) is 12.4 Å². The first-order valence-corrected chi connectivity index (χ1v) is 11.3. The summed E-state index contributed by atoms with van der Waals surface area (Å²) in [6.07, 6.45) is 20.6. The Morgan fingerprint density at radius 2 is 1.33 bits per heavy atom. The Morgan fingerprint density at radius 3 is 2.04 bits per heavy atom. The van der Waals surface area contributed by atoms with Crippen LogP contribution in [0.25, 0.3) is 0 Å². The molecule has 2 unspecified atom stereocenters. The highest BCUT2D eigenvalue weighted by Gasteiger charge is 2.35. The largest absolute Gasteiger partial charge is 0.244 e. The summed E-state index contributed by atoms with van der Waals surface area (Å²) in [7, 11) is 0. The maximum Gasteiger partial charge on any atom is 0.244 e. The molecule has 0 aromatic heterocycles. The summed E-state index contributed by atoms with van der Waals surface area (Å²) in [5.74, 6) is 1.15. The Balaban J connectivity index is 1.98. The maximum absolute atomic E-state index is 4.62. The van der Waals surface area contributed by atoms with E-state index in [1.54, 1.807) is 0 Å². The van der Waals surface area contributed by atoms with Gasteiger partial charge in [0.25, 0.3) is 0 Å². The van der Waals surface area contributed by atoms with Crippen molar-refractivity contribution in [1.82, 2.24) is 0 Å². The number of nitrogens with zero attached hydrogens (tertiary/aromatic N) is 2. The van der Waals surface area contributed by atoms with Crippen LogP contribution in [0.3, 0.4) is 0 Å². The topological polar surface area (TPSA) is 24.7 Å². The molecule has 0 spiro atoms. The number of aliphatic imine (C=N–C) groups is 2. The molecule has 1 heterocycles. The van der Waals surface area contributed by atoms with Crippen molar-refractivity contribution in [2.24, 2.45) is 21.8 Å². The third kappa shape index (κ3) is 8.32. The predicted molar refractivity (Wildman–Crippen MR) is 119 cm³/mol. The fraction of sp³-hybridized carbons (Fsp3) is 0.640. The van der Waals surface area contributed by atoms with Gasteiger partial charge in [0.05, 0.1) is 5.92 Å².